The zero-order valence-electron chi connectivity index (χ0n) is 14.1. The van der Waals surface area contributed by atoms with Crippen LogP contribution in [0, 0.1) is 0 Å². The smallest absolute Gasteiger partial charge is 0.293 e. The highest BCUT2D eigenvalue weighted by Crippen LogP contribution is 2.32. The fourth-order valence-electron chi connectivity index (χ4n) is 2.42. The van der Waals surface area contributed by atoms with Gasteiger partial charge < -0.3 is 10.6 Å². The molecule has 1 heterocycles. The lowest BCUT2D eigenvalue weighted by molar-refractivity contribution is -0.122. The van der Waals surface area contributed by atoms with E-state index in [9.17, 15) is 9.59 Å². The molecule has 0 saturated carbocycles. The Morgan fingerprint density at radius 3 is 2.67 bits per heavy atom. The molecular formula is C19H16BrN3O2S2. The molecule has 5 nitrogen and oxygen atoms in total. The Hall–Kier alpha value is -2.16. The maximum Gasteiger partial charge on any atom is 0.293 e. The van der Waals surface area contributed by atoms with Gasteiger partial charge in [0.25, 0.3) is 11.1 Å². The predicted octanol–water partition coefficient (Wildman–Crippen LogP) is 4.47. The number of imide groups is 1. The Balaban J connectivity index is 1.54. The lowest BCUT2D eigenvalue weighted by atomic mass is 10.2. The summed E-state index contributed by atoms with van der Waals surface area (Å²) in [6.45, 7) is 0.623. The van der Waals surface area contributed by atoms with Crippen LogP contribution < -0.4 is 10.6 Å². The van der Waals surface area contributed by atoms with Crippen LogP contribution in [-0.4, -0.2) is 34.2 Å². The van der Waals surface area contributed by atoms with Crippen molar-refractivity contribution in [1.82, 2.24) is 10.2 Å². The van der Waals surface area contributed by atoms with Crippen molar-refractivity contribution < 1.29 is 9.59 Å². The van der Waals surface area contributed by atoms with Crippen molar-refractivity contribution in [3.63, 3.8) is 0 Å². The first-order valence-corrected chi connectivity index (χ1v) is 10.2. The van der Waals surface area contributed by atoms with Crippen LogP contribution in [0.1, 0.15) is 5.56 Å². The van der Waals surface area contributed by atoms with Gasteiger partial charge in [-0.2, -0.15) is 0 Å². The first-order chi connectivity index (χ1) is 13.0. The molecule has 2 aromatic rings. The Kier molecular flexibility index (Phi) is 6.65. The van der Waals surface area contributed by atoms with Crippen LogP contribution in [-0.2, 0) is 4.79 Å². The van der Waals surface area contributed by atoms with Gasteiger partial charge in [0.15, 0.2) is 5.11 Å². The molecule has 2 aromatic carbocycles. The van der Waals surface area contributed by atoms with Gasteiger partial charge in [0.2, 0.25) is 0 Å². The quantitative estimate of drug-likeness (QED) is 0.505. The molecule has 1 aliphatic rings. The van der Waals surface area contributed by atoms with Crippen LogP contribution in [0.25, 0.3) is 6.08 Å². The molecule has 1 saturated heterocycles. The SMILES string of the molecule is O=C1S/C(=C\c2cccc(Br)c2)C(=O)N1CCNC(=S)Nc1ccccc1. The molecule has 3 rings (SSSR count). The second-order valence-electron chi connectivity index (χ2n) is 5.64. The van der Waals surface area contributed by atoms with Gasteiger partial charge in [-0.15, -0.1) is 0 Å². The third-order valence-electron chi connectivity index (χ3n) is 3.67. The van der Waals surface area contributed by atoms with Crippen molar-refractivity contribution in [2.75, 3.05) is 18.4 Å². The van der Waals surface area contributed by atoms with Gasteiger partial charge >= 0.3 is 0 Å². The number of benzene rings is 2. The predicted molar refractivity (Wildman–Crippen MR) is 117 cm³/mol. The molecule has 1 aliphatic heterocycles. The van der Waals surface area contributed by atoms with Crippen LogP contribution >= 0.6 is 39.9 Å². The fraction of sp³-hybridized carbons (Fsp3) is 0.105. The van der Waals surface area contributed by atoms with E-state index in [1.165, 1.54) is 4.90 Å². The highest BCUT2D eigenvalue weighted by Gasteiger charge is 2.34. The first kappa shape index (κ1) is 19.6. The number of para-hydroxylation sites is 1. The van der Waals surface area contributed by atoms with E-state index >= 15 is 0 Å². The average molecular weight is 462 g/mol. The van der Waals surface area contributed by atoms with Crippen molar-refractivity contribution >= 4 is 67.9 Å². The molecular weight excluding hydrogens is 446 g/mol. The largest absolute Gasteiger partial charge is 0.361 e. The van der Waals surface area contributed by atoms with Crippen LogP contribution in [0.15, 0.2) is 64.0 Å². The zero-order chi connectivity index (χ0) is 19.2. The van der Waals surface area contributed by atoms with Crippen molar-refractivity contribution in [2.24, 2.45) is 0 Å². The molecule has 0 aliphatic carbocycles. The number of anilines is 1. The molecule has 0 aromatic heterocycles. The average Bonchev–Trinajstić information content (AvgIpc) is 2.90. The van der Waals surface area contributed by atoms with E-state index in [4.69, 9.17) is 12.2 Å². The summed E-state index contributed by atoms with van der Waals surface area (Å²) in [6, 6.07) is 17.1. The first-order valence-electron chi connectivity index (χ1n) is 8.14. The maximum absolute atomic E-state index is 12.5. The van der Waals surface area contributed by atoms with Crippen LogP contribution in [0.3, 0.4) is 0 Å². The summed E-state index contributed by atoms with van der Waals surface area (Å²) >= 11 is 9.57. The Bertz CT molecular complexity index is 903. The molecule has 0 atom stereocenters. The van der Waals surface area contributed by atoms with Gasteiger partial charge in [-0.1, -0.05) is 46.3 Å². The summed E-state index contributed by atoms with van der Waals surface area (Å²) in [5, 5.41) is 6.23. The minimum atomic E-state index is -0.284. The minimum Gasteiger partial charge on any atom is -0.361 e. The number of halogens is 1. The monoisotopic (exact) mass is 461 g/mol. The van der Waals surface area contributed by atoms with E-state index in [-0.39, 0.29) is 17.7 Å². The van der Waals surface area contributed by atoms with Crippen LogP contribution in [0.5, 0.6) is 0 Å². The van der Waals surface area contributed by atoms with Crippen molar-refractivity contribution in [3.8, 4) is 0 Å². The van der Waals surface area contributed by atoms with E-state index in [0.717, 1.165) is 27.5 Å². The maximum atomic E-state index is 12.5. The molecule has 2 N–H and O–H groups in total. The highest BCUT2D eigenvalue weighted by molar-refractivity contribution is 9.10. The van der Waals surface area contributed by atoms with Crippen LogP contribution in [0.2, 0.25) is 0 Å². The van der Waals surface area contributed by atoms with E-state index in [2.05, 4.69) is 26.6 Å². The lowest BCUT2D eigenvalue weighted by Gasteiger charge is -2.14. The number of thioether (sulfide) groups is 1. The third-order valence-corrected chi connectivity index (χ3v) is 5.32. The summed E-state index contributed by atoms with van der Waals surface area (Å²) in [5.41, 5.74) is 1.74. The summed E-state index contributed by atoms with van der Waals surface area (Å²) in [6.07, 6.45) is 1.73. The number of carbonyl (C=O) groups is 2. The van der Waals surface area contributed by atoms with Gasteiger partial charge in [0.05, 0.1) is 4.91 Å². The molecule has 2 amide bonds. The van der Waals surface area contributed by atoms with Crippen LogP contribution in [0.4, 0.5) is 10.5 Å². The van der Waals surface area contributed by atoms with E-state index < -0.39 is 0 Å². The van der Waals surface area contributed by atoms with E-state index in [0.29, 0.717) is 16.6 Å². The standard InChI is InChI=1S/C19H16BrN3O2S2/c20-14-6-4-5-13(11-14)12-16-17(24)23(19(25)27-16)10-9-21-18(26)22-15-7-2-1-3-8-15/h1-8,11-12H,9-10H2,(H2,21,22,26)/b16-12-. The molecule has 8 heteroatoms. The Morgan fingerprint density at radius 2 is 1.93 bits per heavy atom. The zero-order valence-corrected chi connectivity index (χ0v) is 17.4. The number of rotatable bonds is 5. The highest BCUT2D eigenvalue weighted by atomic mass is 79.9. The van der Waals surface area contributed by atoms with E-state index in [1.807, 2.05) is 54.6 Å². The summed E-state index contributed by atoms with van der Waals surface area (Å²) in [7, 11) is 0. The van der Waals surface area contributed by atoms with Gasteiger partial charge in [-0.05, 0) is 59.9 Å². The summed E-state index contributed by atoms with van der Waals surface area (Å²) in [4.78, 5) is 26.3. The molecule has 27 heavy (non-hydrogen) atoms. The number of thiocarbonyl (C=S) groups is 1. The summed E-state index contributed by atoms with van der Waals surface area (Å²) < 4.78 is 0.916. The third kappa shape index (κ3) is 5.41. The molecule has 0 spiro atoms. The molecule has 138 valence electrons. The number of nitrogens with zero attached hydrogens (tertiary/aromatic N) is 1. The normalized spacial score (nSPS) is 15.3. The number of amides is 2. The van der Waals surface area contributed by atoms with Gasteiger partial charge in [0, 0.05) is 23.2 Å². The van der Waals surface area contributed by atoms with Crippen molar-refractivity contribution in [3.05, 3.63) is 69.5 Å². The number of hydrogen-bond donors (Lipinski definition) is 2. The van der Waals surface area contributed by atoms with Crippen molar-refractivity contribution in [1.29, 1.82) is 0 Å². The van der Waals surface area contributed by atoms with Gasteiger partial charge in [0.1, 0.15) is 0 Å². The Labute approximate surface area is 175 Å². The number of hydrogen-bond acceptors (Lipinski definition) is 4. The summed E-state index contributed by atoms with van der Waals surface area (Å²) in [5.74, 6) is -0.284. The lowest BCUT2D eigenvalue weighted by Crippen LogP contribution is -2.38. The van der Waals surface area contributed by atoms with Crippen molar-refractivity contribution in [2.45, 2.75) is 0 Å². The second-order valence-corrected chi connectivity index (χ2v) is 7.95. The number of carbonyl (C=O) groups excluding carboxylic acids is 2. The molecule has 0 radical (unpaired) electrons. The number of nitrogens with one attached hydrogen (secondary N) is 2. The van der Waals surface area contributed by atoms with E-state index in [1.54, 1.807) is 6.08 Å². The minimum absolute atomic E-state index is 0.247. The van der Waals surface area contributed by atoms with Gasteiger partial charge in [-0.25, -0.2) is 0 Å². The second kappa shape index (κ2) is 9.16. The molecule has 0 bridgehead atoms. The molecule has 0 unspecified atom stereocenters. The molecule has 1 fully saturated rings. The Morgan fingerprint density at radius 1 is 1.15 bits per heavy atom. The topological polar surface area (TPSA) is 61.4 Å². The van der Waals surface area contributed by atoms with Gasteiger partial charge in [-0.3, -0.25) is 14.5 Å². The fourth-order valence-corrected chi connectivity index (χ4v) is 3.92.